The van der Waals surface area contributed by atoms with E-state index in [9.17, 15) is 0 Å². The molecule has 1 aliphatic carbocycles. The minimum Gasteiger partial charge on any atom is -0.369 e. The highest BCUT2D eigenvalue weighted by atomic mass is 32.1. The van der Waals surface area contributed by atoms with Crippen molar-refractivity contribution in [1.29, 1.82) is 0 Å². The molecule has 132 valence electrons. The number of aromatic nitrogens is 4. The molecule has 0 amide bonds. The van der Waals surface area contributed by atoms with Crippen LogP contribution in [0.1, 0.15) is 29.6 Å². The van der Waals surface area contributed by atoms with Crippen molar-refractivity contribution < 1.29 is 0 Å². The molecule has 0 saturated carbocycles. The van der Waals surface area contributed by atoms with E-state index in [1.807, 2.05) is 29.5 Å². The predicted octanol–water partition coefficient (Wildman–Crippen LogP) is 4.35. The van der Waals surface area contributed by atoms with Gasteiger partial charge in [0, 0.05) is 17.8 Å². The first-order chi connectivity index (χ1) is 12.8. The number of nitrogens with zero attached hydrogens (tertiary/aromatic N) is 3. The number of rotatable bonds is 4. The van der Waals surface area contributed by atoms with Gasteiger partial charge < -0.3 is 10.3 Å². The van der Waals surface area contributed by atoms with Gasteiger partial charge in [-0.3, -0.25) is 0 Å². The van der Waals surface area contributed by atoms with E-state index < -0.39 is 0 Å². The van der Waals surface area contributed by atoms with Crippen molar-refractivity contribution in [3.05, 3.63) is 46.9 Å². The minimum atomic E-state index is 0.771. The molecule has 3 heterocycles. The van der Waals surface area contributed by atoms with E-state index in [0.717, 1.165) is 52.8 Å². The summed E-state index contributed by atoms with van der Waals surface area (Å²) >= 11 is 1.84. The van der Waals surface area contributed by atoms with Crippen LogP contribution in [0.2, 0.25) is 0 Å². The summed E-state index contributed by atoms with van der Waals surface area (Å²) in [4.78, 5) is 19.7. The number of fused-ring (bicyclic) bond motifs is 4. The molecule has 26 heavy (non-hydrogen) atoms. The molecule has 0 fully saturated rings. The molecular weight excluding hydrogens is 342 g/mol. The largest absolute Gasteiger partial charge is 0.369 e. The normalized spacial score (nSPS) is 16.9. The molecule has 0 saturated heterocycles. The number of para-hydroxylation sites is 2. The van der Waals surface area contributed by atoms with Gasteiger partial charge in [-0.15, -0.1) is 11.3 Å². The topological polar surface area (TPSA) is 66.5 Å². The van der Waals surface area contributed by atoms with Crippen LogP contribution in [-0.2, 0) is 19.3 Å². The third-order valence-electron chi connectivity index (χ3n) is 5.18. The Bertz CT molecular complexity index is 1050. The monoisotopic (exact) mass is 363 g/mol. The zero-order chi connectivity index (χ0) is 17.5. The number of H-pyrrole nitrogens is 1. The Morgan fingerprint density at radius 3 is 3.12 bits per heavy atom. The molecule has 0 aliphatic heterocycles. The number of anilines is 1. The van der Waals surface area contributed by atoms with Crippen LogP contribution in [0.15, 0.2) is 30.6 Å². The molecule has 5 nitrogen and oxygen atoms in total. The molecule has 1 atom stereocenters. The summed E-state index contributed by atoms with van der Waals surface area (Å²) in [6.07, 6.45) is 6.09. The Morgan fingerprint density at radius 1 is 1.27 bits per heavy atom. The lowest BCUT2D eigenvalue weighted by molar-refractivity contribution is 0.509. The van der Waals surface area contributed by atoms with Crippen molar-refractivity contribution in [2.75, 3.05) is 11.9 Å². The number of hydrogen-bond acceptors (Lipinski definition) is 5. The molecule has 4 aromatic rings. The second kappa shape index (κ2) is 6.36. The Hall–Kier alpha value is -2.47. The van der Waals surface area contributed by atoms with E-state index in [1.54, 1.807) is 6.33 Å². The van der Waals surface area contributed by atoms with Crippen molar-refractivity contribution in [2.24, 2.45) is 5.92 Å². The summed E-state index contributed by atoms with van der Waals surface area (Å²) in [6, 6.07) is 8.14. The van der Waals surface area contributed by atoms with Crippen LogP contribution in [0.3, 0.4) is 0 Å². The molecule has 1 unspecified atom stereocenters. The van der Waals surface area contributed by atoms with Crippen molar-refractivity contribution in [1.82, 2.24) is 19.9 Å². The maximum absolute atomic E-state index is 4.65. The highest BCUT2D eigenvalue weighted by Crippen LogP contribution is 2.39. The summed E-state index contributed by atoms with van der Waals surface area (Å²) in [5, 5.41) is 4.76. The molecule has 3 aromatic heterocycles. The first-order valence-corrected chi connectivity index (χ1v) is 10.0. The molecule has 1 aromatic carbocycles. The standard InChI is InChI=1S/C20H21N5S/c1-12-6-7-13-16(10-12)26-20-18(13)19(22-11-23-20)21-9-8-17-24-14-4-2-3-5-15(14)25-17/h2-5,11-12H,6-10H2,1H3,(H,24,25)(H,21,22,23). The van der Waals surface area contributed by atoms with Gasteiger partial charge in [-0.25, -0.2) is 15.0 Å². The number of thiophene rings is 1. The second-order valence-corrected chi connectivity index (χ2v) is 8.22. The Labute approximate surface area is 155 Å². The predicted molar refractivity (Wildman–Crippen MR) is 107 cm³/mol. The summed E-state index contributed by atoms with van der Waals surface area (Å²) in [7, 11) is 0. The Balaban J connectivity index is 1.37. The van der Waals surface area contributed by atoms with Crippen LogP contribution in [0.5, 0.6) is 0 Å². The van der Waals surface area contributed by atoms with Gasteiger partial charge in [0.2, 0.25) is 0 Å². The first kappa shape index (κ1) is 15.8. The number of nitrogens with one attached hydrogen (secondary N) is 2. The minimum absolute atomic E-state index is 0.771. The van der Waals surface area contributed by atoms with Crippen LogP contribution in [0, 0.1) is 5.92 Å². The average molecular weight is 363 g/mol. The van der Waals surface area contributed by atoms with Crippen molar-refractivity contribution in [3.63, 3.8) is 0 Å². The lowest BCUT2D eigenvalue weighted by Crippen LogP contribution is -2.10. The number of aromatic amines is 1. The fourth-order valence-corrected chi connectivity index (χ4v) is 5.18. The van der Waals surface area contributed by atoms with Crippen LogP contribution in [0.25, 0.3) is 21.3 Å². The second-order valence-electron chi connectivity index (χ2n) is 7.13. The summed E-state index contributed by atoms with van der Waals surface area (Å²) in [6.45, 7) is 3.14. The van der Waals surface area contributed by atoms with Gasteiger partial charge in [-0.05, 0) is 42.9 Å². The Kier molecular flexibility index (Phi) is 3.85. The van der Waals surface area contributed by atoms with Crippen molar-refractivity contribution in [2.45, 2.75) is 32.6 Å². The van der Waals surface area contributed by atoms with E-state index in [4.69, 9.17) is 0 Å². The van der Waals surface area contributed by atoms with Crippen molar-refractivity contribution in [3.8, 4) is 0 Å². The van der Waals surface area contributed by atoms with Crippen molar-refractivity contribution >= 4 is 38.4 Å². The SMILES string of the molecule is CC1CCc2c(sc3ncnc(NCCc4nc5ccccc5[nH]4)c23)C1. The van der Waals surface area contributed by atoms with E-state index in [0.29, 0.717) is 0 Å². The number of hydrogen-bond donors (Lipinski definition) is 2. The van der Waals surface area contributed by atoms with Gasteiger partial charge >= 0.3 is 0 Å². The molecule has 1 aliphatic rings. The fourth-order valence-electron chi connectivity index (χ4n) is 3.83. The van der Waals surface area contributed by atoms with Gasteiger partial charge in [0.1, 0.15) is 22.8 Å². The van der Waals surface area contributed by atoms with Gasteiger partial charge in [-0.1, -0.05) is 19.1 Å². The van der Waals surface area contributed by atoms with Crippen LogP contribution in [0.4, 0.5) is 5.82 Å². The Morgan fingerprint density at radius 2 is 2.19 bits per heavy atom. The zero-order valence-corrected chi connectivity index (χ0v) is 15.6. The quantitative estimate of drug-likeness (QED) is 0.566. The third-order valence-corrected chi connectivity index (χ3v) is 6.35. The molecular formula is C20H21N5S. The summed E-state index contributed by atoms with van der Waals surface area (Å²) in [5.41, 5.74) is 3.58. The maximum Gasteiger partial charge on any atom is 0.138 e. The van der Waals surface area contributed by atoms with E-state index >= 15 is 0 Å². The summed E-state index contributed by atoms with van der Waals surface area (Å²) < 4.78 is 0. The highest BCUT2D eigenvalue weighted by molar-refractivity contribution is 7.19. The van der Waals surface area contributed by atoms with E-state index in [-0.39, 0.29) is 0 Å². The van der Waals surface area contributed by atoms with E-state index in [2.05, 4.69) is 38.2 Å². The van der Waals surface area contributed by atoms with E-state index in [1.165, 1.54) is 28.7 Å². The fraction of sp³-hybridized carbons (Fsp3) is 0.350. The third kappa shape index (κ3) is 2.74. The van der Waals surface area contributed by atoms with Crippen LogP contribution >= 0.6 is 11.3 Å². The van der Waals surface area contributed by atoms with Gasteiger partial charge in [0.05, 0.1) is 16.4 Å². The number of aryl methyl sites for hydroxylation is 1. The molecule has 0 bridgehead atoms. The molecule has 0 radical (unpaired) electrons. The van der Waals surface area contributed by atoms with Gasteiger partial charge in [0.15, 0.2) is 0 Å². The molecule has 0 spiro atoms. The number of imidazole rings is 1. The van der Waals surface area contributed by atoms with Crippen LogP contribution < -0.4 is 5.32 Å². The molecule has 5 rings (SSSR count). The lowest BCUT2D eigenvalue weighted by atomic mass is 9.89. The van der Waals surface area contributed by atoms with Gasteiger partial charge in [-0.2, -0.15) is 0 Å². The zero-order valence-electron chi connectivity index (χ0n) is 14.7. The smallest absolute Gasteiger partial charge is 0.138 e. The lowest BCUT2D eigenvalue weighted by Gasteiger charge is -2.18. The molecule has 2 N–H and O–H groups in total. The summed E-state index contributed by atoms with van der Waals surface area (Å²) in [5.74, 6) is 2.75. The van der Waals surface area contributed by atoms with Crippen LogP contribution in [-0.4, -0.2) is 26.5 Å². The highest BCUT2D eigenvalue weighted by Gasteiger charge is 2.22. The first-order valence-electron chi connectivity index (χ1n) is 9.20. The van der Waals surface area contributed by atoms with Gasteiger partial charge in [0.25, 0.3) is 0 Å². The maximum atomic E-state index is 4.65. The molecule has 6 heteroatoms. The number of benzene rings is 1. The average Bonchev–Trinajstić information content (AvgIpc) is 3.22.